The van der Waals surface area contributed by atoms with Crippen LogP contribution in [0.25, 0.3) is 11.3 Å². The average Bonchev–Trinajstić information content (AvgIpc) is 3.59. The van der Waals surface area contributed by atoms with E-state index >= 15 is 0 Å². The smallest absolute Gasteiger partial charge is 0.416 e. The van der Waals surface area contributed by atoms with Gasteiger partial charge in [0.15, 0.2) is 5.76 Å². The summed E-state index contributed by atoms with van der Waals surface area (Å²) >= 11 is 6.34. The molecule has 0 saturated heterocycles. The van der Waals surface area contributed by atoms with Crippen LogP contribution in [0.5, 0.6) is 0 Å². The molecular weight excluding hydrogens is 627 g/mol. The van der Waals surface area contributed by atoms with E-state index in [-0.39, 0.29) is 45.1 Å². The molecule has 0 radical (unpaired) electrons. The molecule has 0 aliphatic heterocycles. The number of aliphatic hydroxyl groups excluding tert-OH is 1. The molecule has 9 heteroatoms. The molecule has 0 amide bonds. The molecule has 2 aromatic rings. The maximum atomic E-state index is 14.8. The van der Waals surface area contributed by atoms with Crippen molar-refractivity contribution in [1.82, 2.24) is 4.90 Å². The van der Waals surface area contributed by atoms with Gasteiger partial charge in [-0.2, -0.15) is 13.2 Å². The van der Waals surface area contributed by atoms with Crippen LogP contribution < -0.4 is 0 Å². The minimum atomic E-state index is -4.56. The maximum absolute atomic E-state index is 14.8. The first-order valence-electron chi connectivity index (χ1n) is 17.1. The number of ketones is 1. The van der Waals surface area contributed by atoms with E-state index in [1.807, 2.05) is 0 Å². The van der Waals surface area contributed by atoms with E-state index in [1.54, 1.807) is 0 Å². The third-order valence-corrected chi connectivity index (χ3v) is 13.8. The molecule has 3 fully saturated rings. The zero-order valence-corrected chi connectivity index (χ0v) is 28.3. The van der Waals surface area contributed by atoms with Crippen molar-refractivity contribution in [3.8, 4) is 11.3 Å². The van der Waals surface area contributed by atoms with Gasteiger partial charge in [-0.15, -0.1) is 0 Å². The molecule has 47 heavy (non-hydrogen) atoms. The number of Topliss-reactive ketones (excluding diaryl/α,β-unsaturated/α-hetero) is 1. The lowest BCUT2D eigenvalue weighted by Gasteiger charge is -2.71. The summed E-state index contributed by atoms with van der Waals surface area (Å²) in [4.78, 5) is 17.0. The largest absolute Gasteiger partial charge is 0.453 e. The fourth-order valence-corrected chi connectivity index (χ4v) is 11.3. The van der Waals surface area contributed by atoms with Crippen molar-refractivity contribution in [2.75, 3.05) is 20.1 Å². The summed E-state index contributed by atoms with van der Waals surface area (Å²) in [6.45, 7) is 8.14. The number of fused-ring (bicyclic) bond motifs is 1. The topological polar surface area (TPSA) is 73.9 Å². The highest BCUT2D eigenvalue weighted by Crippen LogP contribution is 2.78. The molecule has 5 nitrogen and oxygen atoms in total. The van der Waals surface area contributed by atoms with Crippen molar-refractivity contribution < 1.29 is 32.6 Å². The van der Waals surface area contributed by atoms with Crippen LogP contribution in [-0.4, -0.2) is 52.7 Å². The van der Waals surface area contributed by atoms with Crippen molar-refractivity contribution >= 4 is 17.4 Å². The fourth-order valence-electron chi connectivity index (χ4n) is 11.1. The predicted octanol–water partition coefficient (Wildman–Crippen LogP) is 8.73. The van der Waals surface area contributed by atoms with Crippen LogP contribution in [0.4, 0.5) is 13.2 Å². The molecule has 254 valence electrons. The Labute approximate surface area is 279 Å². The number of halogens is 4. The quantitative estimate of drug-likeness (QED) is 0.228. The second kappa shape index (κ2) is 10.8. The second-order valence-electron chi connectivity index (χ2n) is 15.7. The Kier molecular flexibility index (Phi) is 7.61. The monoisotopic (exact) mass is 671 g/mol. The number of alkyl halides is 3. The summed E-state index contributed by atoms with van der Waals surface area (Å²) in [7, 11) is 2.06. The summed E-state index contributed by atoms with van der Waals surface area (Å²) in [5, 5.41) is 23.5. The van der Waals surface area contributed by atoms with Gasteiger partial charge in [-0.05, 0) is 113 Å². The Morgan fingerprint density at radius 3 is 2.47 bits per heavy atom. The SMILES string of the molecule is CCCN(C)CC1(O)CCC2C34C=CC5(C=C3C(=O)c3ccc(-c6cc(C(F)(F)F)ccc6Cl)o3)CC(O)CCC5(C)C4CCC21C. The van der Waals surface area contributed by atoms with Crippen LogP contribution in [0, 0.1) is 33.5 Å². The molecule has 3 saturated carbocycles. The summed E-state index contributed by atoms with van der Waals surface area (Å²) in [5.41, 5.74) is -2.85. The van der Waals surface area contributed by atoms with Crippen LogP contribution >= 0.6 is 11.6 Å². The van der Waals surface area contributed by atoms with Gasteiger partial charge in [-0.25, -0.2) is 0 Å². The Morgan fingerprint density at radius 1 is 1.04 bits per heavy atom. The average molecular weight is 672 g/mol. The molecule has 1 aromatic carbocycles. The van der Waals surface area contributed by atoms with Crippen LogP contribution in [0.2, 0.25) is 5.02 Å². The highest BCUT2D eigenvalue weighted by Gasteiger charge is 2.74. The number of aliphatic hydroxyl groups is 2. The number of benzene rings is 1. The highest BCUT2D eigenvalue weighted by molar-refractivity contribution is 6.33. The van der Waals surface area contributed by atoms with E-state index in [0.717, 1.165) is 50.8 Å². The highest BCUT2D eigenvalue weighted by atomic mass is 35.5. The van der Waals surface area contributed by atoms with Crippen molar-refractivity contribution in [3.05, 3.63) is 70.5 Å². The van der Waals surface area contributed by atoms with Crippen molar-refractivity contribution in [2.24, 2.45) is 33.5 Å². The Morgan fingerprint density at radius 2 is 1.74 bits per heavy atom. The molecule has 1 aromatic heterocycles. The van der Waals surface area contributed by atoms with Gasteiger partial charge in [0.2, 0.25) is 5.78 Å². The minimum Gasteiger partial charge on any atom is -0.453 e. The molecule has 2 N–H and O–H groups in total. The van der Waals surface area contributed by atoms with Gasteiger partial charge in [0.1, 0.15) is 5.76 Å². The first-order valence-corrected chi connectivity index (χ1v) is 17.5. The van der Waals surface area contributed by atoms with Gasteiger partial charge in [-0.3, -0.25) is 4.79 Å². The van der Waals surface area contributed by atoms with Gasteiger partial charge < -0.3 is 19.5 Å². The lowest BCUT2D eigenvalue weighted by Crippen LogP contribution is -2.67. The molecule has 8 atom stereocenters. The maximum Gasteiger partial charge on any atom is 0.416 e. The van der Waals surface area contributed by atoms with E-state index in [0.29, 0.717) is 31.4 Å². The Bertz CT molecular complexity index is 1670. The number of allylic oxidation sites excluding steroid dienone is 4. The summed E-state index contributed by atoms with van der Waals surface area (Å²) < 4.78 is 46.7. The lowest BCUT2D eigenvalue weighted by atomic mass is 9.32. The van der Waals surface area contributed by atoms with Gasteiger partial charge in [0, 0.05) is 33.9 Å². The van der Waals surface area contributed by atoms with E-state index in [1.165, 1.54) is 18.2 Å². The van der Waals surface area contributed by atoms with E-state index in [4.69, 9.17) is 16.0 Å². The lowest BCUT2D eigenvalue weighted by molar-refractivity contribution is -0.175. The summed E-state index contributed by atoms with van der Waals surface area (Å²) in [6.07, 6.45) is 7.76. The first-order chi connectivity index (χ1) is 22.0. The number of rotatable bonds is 7. The third kappa shape index (κ3) is 4.56. The van der Waals surface area contributed by atoms with Gasteiger partial charge in [0.05, 0.1) is 22.3 Å². The Hall–Kier alpha value is -2.39. The van der Waals surface area contributed by atoms with Gasteiger partial charge >= 0.3 is 6.18 Å². The number of furan rings is 1. The van der Waals surface area contributed by atoms with E-state index < -0.39 is 39.7 Å². The Balaban J connectivity index is 1.34. The molecule has 8 unspecified atom stereocenters. The molecule has 2 spiro atoms. The van der Waals surface area contributed by atoms with Crippen molar-refractivity contribution in [3.63, 3.8) is 0 Å². The van der Waals surface area contributed by atoms with Crippen molar-refractivity contribution in [2.45, 2.75) is 90.0 Å². The van der Waals surface area contributed by atoms with E-state index in [2.05, 4.69) is 50.9 Å². The fraction of sp³-hybridized carbons (Fsp3) is 0.605. The third-order valence-electron chi connectivity index (χ3n) is 13.5. The number of carbonyl (C=O) groups is 1. The number of carbonyl (C=O) groups excluding carboxylic acids is 1. The molecule has 8 rings (SSSR count). The van der Waals surface area contributed by atoms with Crippen LogP contribution in [0.1, 0.15) is 88.3 Å². The molecule has 6 aliphatic rings. The van der Waals surface area contributed by atoms with Crippen LogP contribution in [0.15, 0.2) is 58.6 Å². The number of likely N-dealkylation sites (N-methyl/N-ethyl adjacent to an activating group) is 1. The van der Waals surface area contributed by atoms with E-state index in [9.17, 15) is 28.2 Å². The summed E-state index contributed by atoms with van der Waals surface area (Å²) in [6, 6.07) is 6.11. The normalized spacial score (nSPS) is 39.0. The number of nitrogens with zero attached hydrogens (tertiary/aromatic N) is 1. The molecule has 2 bridgehead atoms. The molecule has 6 aliphatic carbocycles. The molecular formula is C38H45ClF3NO4. The van der Waals surface area contributed by atoms with Gasteiger partial charge in [0.25, 0.3) is 0 Å². The first kappa shape index (κ1) is 33.1. The zero-order valence-electron chi connectivity index (χ0n) is 27.6. The van der Waals surface area contributed by atoms with Gasteiger partial charge in [-0.1, -0.05) is 50.6 Å². The minimum absolute atomic E-state index is 0.00505. The predicted molar refractivity (Wildman–Crippen MR) is 175 cm³/mol. The number of hydrogen-bond acceptors (Lipinski definition) is 5. The standard InChI is InChI=1S/C38H45ClF3NO4/c1-5-18-43(4)22-36(46)15-12-31-34(36,3)14-11-30-33(2)13-10-24(44)20-35(33)16-17-37(30,31)26(21-35)32(45)29-9-8-28(47-29)25-19-23(38(40,41)42)6-7-27(25)39/h6-9,16-17,19,21,24,30-31,44,46H,5,10-15,18,20,22H2,1-4H3. The number of hydrogen-bond donors (Lipinski definition) is 2. The van der Waals surface area contributed by atoms with Crippen LogP contribution in [-0.2, 0) is 6.18 Å². The zero-order chi connectivity index (χ0) is 33.8. The van der Waals surface area contributed by atoms with Crippen molar-refractivity contribution in [1.29, 1.82) is 0 Å². The summed E-state index contributed by atoms with van der Waals surface area (Å²) in [5.74, 6) is -0.0361. The second-order valence-corrected chi connectivity index (χ2v) is 16.1. The van der Waals surface area contributed by atoms with Crippen LogP contribution in [0.3, 0.4) is 0 Å². The molecule has 1 heterocycles.